The van der Waals surface area contributed by atoms with Crippen molar-refractivity contribution in [2.75, 3.05) is 0 Å². The highest BCUT2D eigenvalue weighted by molar-refractivity contribution is 8.18. The Morgan fingerprint density at radius 2 is 1.85 bits per heavy atom. The summed E-state index contributed by atoms with van der Waals surface area (Å²) in [5.74, 6) is -0.0835. The number of benzene rings is 2. The number of ether oxygens (including phenoxy) is 1. The van der Waals surface area contributed by atoms with E-state index in [4.69, 9.17) is 4.74 Å². The first-order chi connectivity index (χ1) is 13.0. The summed E-state index contributed by atoms with van der Waals surface area (Å²) in [7, 11) is 0. The molecule has 3 rings (SSSR count). The average molecular weight is 385 g/mol. The van der Waals surface area contributed by atoms with Crippen molar-refractivity contribution in [1.29, 1.82) is 0 Å². The molecule has 2 amide bonds. The molecule has 2 aromatic rings. The van der Waals surface area contributed by atoms with Crippen molar-refractivity contribution in [3.05, 3.63) is 70.4 Å². The Bertz CT molecular complexity index is 879. The Labute approximate surface area is 162 Å². The number of thioether (sulfide) groups is 1. The molecular weight excluding hydrogens is 365 g/mol. The van der Waals surface area contributed by atoms with Gasteiger partial charge in [0.05, 0.1) is 17.6 Å². The van der Waals surface area contributed by atoms with Crippen LogP contribution in [-0.2, 0) is 11.3 Å². The molecule has 1 fully saturated rings. The summed E-state index contributed by atoms with van der Waals surface area (Å²) >= 11 is 0.865. The van der Waals surface area contributed by atoms with Gasteiger partial charge in [-0.25, -0.2) is 4.39 Å². The summed E-state index contributed by atoms with van der Waals surface area (Å²) < 4.78 is 19.5. The van der Waals surface area contributed by atoms with E-state index in [1.165, 1.54) is 6.07 Å². The molecule has 1 heterocycles. The maximum atomic E-state index is 13.8. The zero-order valence-corrected chi connectivity index (χ0v) is 16.0. The van der Waals surface area contributed by atoms with E-state index in [1.54, 1.807) is 24.3 Å². The Hall–Kier alpha value is -2.60. The van der Waals surface area contributed by atoms with E-state index in [0.29, 0.717) is 10.5 Å². The van der Waals surface area contributed by atoms with Gasteiger partial charge in [0.25, 0.3) is 11.1 Å². The van der Waals surface area contributed by atoms with Crippen LogP contribution in [0.25, 0.3) is 6.08 Å². The third-order valence-electron chi connectivity index (χ3n) is 4.25. The van der Waals surface area contributed by atoms with Gasteiger partial charge in [-0.3, -0.25) is 14.5 Å². The molecule has 2 aromatic carbocycles. The zero-order valence-electron chi connectivity index (χ0n) is 15.1. The molecule has 27 heavy (non-hydrogen) atoms. The molecule has 6 heteroatoms. The number of halogens is 1. The second kappa shape index (κ2) is 8.39. The van der Waals surface area contributed by atoms with Gasteiger partial charge in [0, 0.05) is 5.56 Å². The lowest BCUT2D eigenvalue weighted by Crippen LogP contribution is -2.27. The summed E-state index contributed by atoms with van der Waals surface area (Å²) in [4.78, 5) is 26.1. The van der Waals surface area contributed by atoms with E-state index in [2.05, 4.69) is 6.92 Å². The average Bonchev–Trinajstić information content (AvgIpc) is 2.92. The predicted octanol–water partition coefficient (Wildman–Crippen LogP) is 5.24. The molecule has 0 aliphatic carbocycles. The molecule has 0 aromatic heterocycles. The quantitative estimate of drug-likeness (QED) is 0.638. The lowest BCUT2D eigenvalue weighted by Gasteiger charge is -2.13. The summed E-state index contributed by atoms with van der Waals surface area (Å²) in [6.07, 6.45) is 2.71. The largest absolute Gasteiger partial charge is 0.491 e. The minimum absolute atomic E-state index is 0.0731. The molecule has 1 aliphatic rings. The van der Waals surface area contributed by atoms with Crippen LogP contribution in [0, 0.1) is 5.82 Å². The first-order valence-corrected chi connectivity index (χ1v) is 9.55. The van der Waals surface area contributed by atoms with Crippen molar-refractivity contribution in [2.45, 2.75) is 32.9 Å². The van der Waals surface area contributed by atoms with Crippen LogP contribution in [0.5, 0.6) is 5.75 Å². The zero-order chi connectivity index (χ0) is 19.4. The Kier molecular flexibility index (Phi) is 5.96. The van der Waals surface area contributed by atoms with Crippen LogP contribution in [-0.4, -0.2) is 22.2 Å². The molecular formula is C21H20FNO3S. The third kappa shape index (κ3) is 4.57. The molecule has 1 saturated heterocycles. The maximum Gasteiger partial charge on any atom is 0.293 e. The van der Waals surface area contributed by atoms with Gasteiger partial charge in [-0.2, -0.15) is 0 Å². The molecule has 0 bridgehead atoms. The van der Waals surface area contributed by atoms with E-state index >= 15 is 0 Å². The van der Waals surface area contributed by atoms with Crippen LogP contribution >= 0.6 is 11.8 Å². The van der Waals surface area contributed by atoms with Crippen molar-refractivity contribution in [1.82, 2.24) is 4.90 Å². The van der Waals surface area contributed by atoms with E-state index in [1.807, 2.05) is 31.2 Å². The highest BCUT2D eigenvalue weighted by Gasteiger charge is 2.35. The molecule has 0 unspecified atom stereocenters. The smallest absolute Gasteiger partial charge is 0.293 e. The van der Waals surface area contributed by atoms with E-state index < -0.39 is 17.0 Å². The highest BCUT2D eigenvalue weighted by Crippen LogP contribution is 2.33. The first-order valence-electron chi connectivity index (χ1n) is 8.73. The number of hydrogen-bond donors (Lipinski definition) is 0. The fraction of sp³-hybridized carbons (Fsp3) is 0.238. The Morgan fingerprint density at radius 3 is 2.52 bits per heavy atom. The van der Waals surface area contributed by atoms with Crippen LogP contribution in [0.4, 0.5) is 9.18 Å². The molecule has 4 nitrogen and oxygen atoms in total. The van der Waals surface area contributed by atoms with E-state index in [0.717, 1.165) is 34.4 Å². The topological polar surface area (TPSA) is 46.6 Å². The van der Waals surface area contributed by atoms with Crippen molar-refractivity contribution in [2.24, 2.45) is 0 Å². The van der Waals surface area contributed by atoms with Gasteiger partial charge < -0.3 is 4.74 Å². The minimum atomic E-state index is -0.433. The SMILES string of the molecule is CC[C@@H](C)Oc1ccc(/C=C2\SC(=O)N(Cc3ccccc3F)C2=O)cc1. The first kappa shape index (κ1) is 19.2. The lowest BCUT2D eigenvalue weighted by atomic mass is 10.2. The van der Waals surface area contributed by atoms with Crippen LogP contribution in [0.3, 0.4) is 0 Å². The minimum Gasteiger partial charge on any atom is -0.491 e. The van der Waals surface area contributed by atoms with Crippen molar-refractivity contribution < 1.29 is 18.7 Å². The summed E-state index contributed by atoms with van der Waals surface area (Å²) in [6.45, 7) is 3.98. The van der Waals surface area contributed by atoms with Gasteiger partial charge in [-0.15, -0.1) is 0 Å². The van der Waals surface area contributed by atoms with Crippen LogP contribution in [0.15, 0.2) is 53.4 Å². The van der Waals surface area contributed by atoms with Crippen LogP contribution < -0.4 is 4.74 Å². The summed E-state index contributed by atoms with van der Waals surface area (Å²) in [5, 5.41) is -0.397. The van der Waals surface area contributed by atoms with Crippen LogP contribution in [0.1, 0.15) is 31.4 Å². The lowest BCUT2D eigenvalue weighted by molar-refractivity contribution is -0.123. The molecule has 1 aliphatic heterocycles. The number of rotatable bonds is 6. The van der Waals surface area contributed by atoms with Crippen molar-refractivity contribution >= 4 is 29.0 Å². The number of nitrogens with zero attached hydrogens (tertiary/aromatic N) is 1. The number of amides is 2. The van der Waals surface area contributed by atoms with Gasteiger partial charge in [-0.05, 0) is 54.9 Å². The normalized spacial score (nSPS) is 16.9. The molecule has 0 radical (unpaired) electrons. The van der Waals surface area contributed by atoms with Crippen LogP contribution in [0.2, 0.25) is 0 Å². The molecule has 1 atom stereocenters. The second-order valence-corrected chi connectivity index (χ2v) is 7.26. The van der Waals surface area contributed by atoms with Gasteiger partial charge in [0.2, 0.25) is 0 Å². The number of carbonyl (C=O) groups excluding carboxylic acids is 2. The summed E-state index contributed by atoms with van der Waals surface area (Å²) in [5.41, 5.74) is 1.11. The van der Waals surface area contributed by atoms with Gasteiger partial charge >= 0.3 is 0 Å². The number of imide groups is 1. The fourth-order valence-electron chi connectivity index (χ4n) is 2.54. The van der Waals surface area contributed by atoms with E-state index in [9.17, 15) is 14.0 Å². The van der Waals surface area contributed by atoms with Gasteiger partial charge in [0.15, 0.2) is 0 Å². The molecule has 0 saturated carbocycles. The Balaban J connectivity index is 1.73. The van der Waals surface area contributed by atoms with Crippen molar-refractivity contribution in [3.63, 3.8) is 0 Å². The fourth-order valence-corrected chi connectivity index (χ4v) is 3.38. The van der Waals surface area contributed by atoms with Crippen molar-refractivity contribution in [3.8, 4) is 5.75 Å². The summed E-state index contributed by atoms with van der Waals surface area (Å²) in [6, 6.07) is 13.5. The third-order valence-corrected chi connectivity index (χ3v) is 5.16. The predicted molar refractivity (Wildman–Crippen MR) is 105 cm³/mol. The van der Waals surface area contributed by atoms with Gasteiger partial charge in [0.1, 0.15) is 11.6 Å². The molecule has 0 N–H and O–H groups in total. The maximum absolute atomic E-state index is 13.8. The van der Waals surface area contributed by atoms with Gasteiger partial charge in [-0.1, -0.05) is 37.3 Å². The standard InChI is InChI=1S/C21H20FNO3S/c1-3-14(2)26-17-10-8-15(9-11-17)12-19-20(24)23(21(25)27-19)13-16-6-4-5-7-18(16)22/h4-12,14H,3,13H2,1-2H3/b19-12-/t14-/m1/s1. The van der Waals surface area contributed by atoms with E-state index in [-0.39, 0.29) is 12.6 Å². The second-order valence-electron chi connectivity index (χ2n) is 6.27. The number of carbonyl (C=O) groups is 2. The number of hydrogen-bond acceptors (Lipinski definition) is 4. The Morgan fingerprint density at radius 1 is 1.15 bits per heavy atom. The molecule has 0 spiro atoms. The molecule has 140 valence electrons. The monoisotopic (exact) mass is 385 g/mol. The highest BCUT2D eigenvalue weighted by atomic mass is 32.2.